The van der Waals surface area contributed by atoms with Crippen LogP contribution in [-0.2, 0) is 0 Å². The van der Waals surface area contributed by atoms with Crippen LogP contribution in [0.25, 0.3) is 0 Å². The van der Waals surface area contributed by atoms with Crippen LogP contribution in [0.4, 0.5) is 0 Å². The van der Waals surface area contributed by atoms with Crippen molar-refractivity contribution in [1.82, 2.24) is 0 Å². The highest BCUT2D eigenvalue weighted by Crippen LogP contribution is 2.37. The van der Waals surface area contributed by atoms with E-state index in [9.17, 15) is 5.11 Å². The lowest BCUT2D eigenvalue weighted by molar-refractivity contribution is 0.237. The minimum absolute atomic E-state index is 0.162. The van der Waals surface area contributed by atoms with Crippen molar-refractivity contribution in [1.29, 1.82) is 0 Å². The molecule has 0 saturated carbocycles. The molecule has 2 aromatic carbocycles. The Balaban J connectivity index is 1.90. The molecule has 0 aliphatic rings. The molecule has 0 saturated heterocycles. The van der Waals surface area contributed by atoms with Gasteiger partial charge in [0.1, 0.15) is 23.0 Å². The summed E-state index contributed by atoms with van der Waals surface area (Å²) in [6.07, 6.45) is 0.940. The Hall–Kier alpha value is -2.36. The van der Waals surface area contributed by atoms with E-state index in [0.717, 1.165) is 34.8 Å². The molecule has 0 fully saturated rings. The largest absolute Gasteiger partial charge is 0.508 e. The van der Waals surface area contributed by atoms with E-state index in [4.69, 9.17) is 14.2 Å². The minimum Gasteiger partial charge on any atom is -0.508 e. The highest BCUT2D eigenvalue weighted by atomic mass is 16.5. The Morgan fingerprint density at radius 2 is 1.25 bits per heavy atom. The highest BCUT2D eigenvalue weighted by Gasteiger charge is 2.17. The lowest BCUT2D eigenvalue weighted by Crippen LogP contribution is -2.09. The Morgan fingerprint density at radius 3 is 1.75 bits per heavy atom. The molecule has 0 heterocycles. The third-order valence-electron chi connectivity index (χ3n) is 4.37. The molecule has 154 valence electrons. The second kappa shape index (κ2) is 10.3. The predicted octanol–water partition coefficient (Wildman–Crippen LogP) is 6.27. The summed E-state index contributed by atoms with van der Waals surface area (Å²) in [5.74, 6) is 3.43. The summed E-state index contributed by atoms with van der Waals surface area (Å²) >= 11 is 0. The monoisotopic (exact) mass is 386 g/mol. The molecule has 2 rings (SSSR count). The van der Waals surface area contributed by atoms with Crippen LogP contribution in [0.2, 0.25) is 0 Å². The van der Waals surface area contributed by atoms with Crippen molar-refractivity contribution in [3.63, 3.8) is 0 Å². The predicted molar refractivity (Wildman–Crippen MR) is 114 cm³/mol. The number of hydrogen-bond donors (Lipinski definition) is 1. The normalized spacial score (nSPS) is 11.3. The third-order valence-corrected chi connectivity index (χ3v) is 4.37. The van der Waals surface area contributed by atoms with Gasteiger partial charge in [0.2, 0.25) is 0 Å². The average Bonchev–Trinajstić information content (AvgIpc) is 2.62. The third kappa shape index (κ3) is 6.36. The molecule has 0 bridgehead atoms. The van der Waals surface area contributed by atoms with Gasteiger partial charge in [-0.2, -0.15) is 0 Å². The van der Waals surface area contributed by atoms with Gasteiger partial charge in [-0.1, -0.05) is 27.7 Å². The Morgan fingerprint density at radius 1 is 0.750 bits per heavy atom. The fourth-order valence-corrected chi connectivity index (χ4v) is 2.99. The van der Waals surface area contributed by atoms with Crippen LogP contribution in [0, 0.1) is 0 Å². The molecule has 4 nitrogen and oxygen atoms in total. The fraction of sp³-hybridized carbons (Fsp3) is 0.500. The van der Waals surface area contributed by atoms with Gasteiger partial charge in [0.25, 0.3) is 0 Å². The van der Waals surface area contributed by atoms with E-state index in [2.05, 4.69) is 27.7 Å². The second-order valence-corrected chi connectivity index (χ2v) is 7.95. The first kappa shape index (κ1) is 21.9. The molecule has 1 N–H and O–H groups in total. The average molecular weight is 387 g/mol. The summed E-state index contributed by atoms with van der Waals surface area (Å²) < 4.78 is 17.6. The zero-order valence-corrected chi connectivity index (χ0v) is 18.0. The second-order valence-electron chi connectivity index (χ2n) is 7.95. The number of ether oxygens (including phenoxy) is 3. The molecule has 28 heavy (non-hydrogen) atoms. The van der Waals surface area contributed by atoms with Crippen molar-refractivity contribution in [3.8, 4) is 23.0 Å². The van der Waals surface area contributed by atoms with Gasteiger partial charge in [-0.3, -0.25) is 0 Å². The van der Waals surface area contributed by atoms with Gasteiger partial charge >= 0.3 is 0 Å². The van der Waals surface area contributed by atoms with Gasteiger partial charge < -0.3 is 19.3 Å². The van der Waals surface area contributed by atoms with Crippen LogP contribution in [0.5, 0.6) is 23.0 Å². The van der Waals surface area contributed by atoms with Gasteiger partial charge in [-0.25, -0.2) is 0 Å². The van der Waals surface area contributed by atoms with Crippen LogP contribution in [0.3, 0.4) is 0 Å². The quantitative estimate of drug-likeness (QED) is 0.489. The smallest absolute Gasteiger partial charge is 0.126 e. The van der Waals surface area contributed by atoms with Gasteiger partial charge in [0, 0.05) is 17.5 Å². The topological polar surface area (TPSA) is 47.9 Å². The Bertz CT molecular complexity index is 704. The summed E-state index contributed by atoms with van der Waals surface area (Å²) in [4.78, 5) is 0. The molecule has 0 unspecified atom stereocenters. The van der Waals surface area contributed by atoms with Gasteiger partial charge in [-0.05, 0) is 62.1 Å². The molecular weight excluding hydrogens is 352 g/mol. The molecule has 0 radical (unpaired) electrons. The Kier molecular flexibility index (Phi) is 8.04. The van der Waals surface area contributed by atoms with Crippen molar-refractivity contribution < 1.29 is 19.3 Å². The molecular formula is C24H34O4. The van der Waals surface area contributed by atoms with Gasteiger partial charge in [0.05, 0.1) is 19.3 Å². The maximum Gasteiger partial charge on any atom is 0.126 e. The van der Waals surface area contributed by atoms with E-state index in [1.807, 2.05) is 50.2 Å². The molecule has 4 heteroatoms. The number of benzene rings is 2. The van der Waals surface area contributed by atoms with E-state index in [0.29, 0.717) is 19.0 Å². The van der Waals surface area contributed by atoms with Crippen LogP contribution < -0.4 is 14.2 Å². The number of phenolic OH excluding ortho intramolecular Hbond substituents is 1. The van der Waals surface area contributed by atoms with Crippen LogP contribution in [-0.4, -0.2) is 24.4 Å². The molecule has 0 aliphatic heterocycles. The molecule has 0 aromatic heterocycles. The number of aromatic hydroxyl groups is 1. The van der Waals surface area contributed by atoms with Crippen molar-refractivity contribution in [2.24, 2.45) is 0 Å². The van der Waals surface area contributed by atoms with E-state index in [1.54, 1.807) is 0 Å². The van der Waals surface area contributed by atoms with Crippen molar-refractivity contribution >= 4 is 0 Å². The maximum atomic E-state index is 10.0. The SMILES string of the molecule is CC(C)Oc1ccc(OCCCOc2c(C(C)C)cc(O)cc2C(C)C)cc1. The van der Waals surface area contributed by atoms with Crippen molar-refractivity contribution in [2.45, 2.75) is 65.9 Å². The van der Waals surface area contributed by atoms with E-state index < -0.39 is 0 Å². The molecule has 0 aliphatic carbocycles. The first-order valence-corrected chi connectivity index (χ1v) is 10.2. The van der Waals surface area contributed by atoms with Crippen molar-refractivity contribution in [2.75, 3.05) is 13.2 Å². The van der Waals surface area contributed by atoms with E-state index in [1.165, 1.54) is 0 Å². The van der Waals surface area contributed by atoms with Gasteiger partial charge in [-0.15, -0.1) is 0 Å². The fourth-order valence-electron chi connectivity index (χ4n) is 2.99. The summed E-state index contributed by atoms with van der Waals surface area (Å²) in [6.45, 7) is 13.6. The summed E-state index contributed by atoms with van der Waals surface area (Å²) in [7, 11) is 0. The lowest BCUT2D eigenvalue weighted by Gasteiger charge is -2.20. The number of rotatable bonds is 10. The zero-order chi connectivity index (χ0) is 20.7. The maximum absolute atomic E-state index is 10.0. The number of hydrogen-bond acceptors (Lipinski definition) is 4. The first-order valence-electron chi connectivity index (χ1n) is 10.2. The van der Waals surface area contributed by atoms with Crippen LogP contribution in [0.1, 0.15) is 70.9 Å². The minimum atomic E-state index is 0.162. The molecule has 2 aromatic rings. The standard InChI is InChI=1S/C24H34O4/c1-16(2)22-14-19(25)15-23(17(3)4)24(22)27-13-7-12-26-20-8-10-21(11-9-20)28-18(5)6/h8-11,14-18,25H,7,12-13H2,1-6H3. The summed E-state index contributed by atoms with van der Waals surface area (Å²) in [5.41, 5.74) is 2.09. The Labute approximate surface area is 169 Å². The van der Waals surface area contributed by atoms with E-state index in [-0.39, 0.29) is 17.9 Å². The zero-order valence-electron chi connectivity index (χ0n) is 18.0. The van der Waals surface area contributed by atoms with E-state index >= 15 is 0 Å². The summed E-state index contributed by atoms with van der Waals surface area (Å²) in [5, 5.41) is 10.0. The molecule has 0 atom stereocenters. The highest BCUT2D eigenvalue weighted by molar-refractivity contribution is 5.49. The van der Waals surface area contributed by atoms with Crippen LogP contribution >= 0.6 is 0 Å². The lowest BCUT2D eigenvalue weighted by atomic mass is 9.93. The first-order chi connectivity index (χ1) is 13.3. The van der Waals surface area contributed by atoms with Crippen LogP contribution in [0.15, 0.2) is 36.4 Å². The van der Waals surface area contributed by atoms with Crippen molar-refractivity contribution in [3.05, 3.63) is 47.5 Å². The molecule has 0 amide bonds. The number of phenols is 1. The summed E-state index contributed by atoms with van der Waals surface area (Å²) in [6, 6.07) is 11.3. The molecule has 0 spiro atoms. The van der Waals surface area contributed by atoms with Gasteiger partial charge in [0.15, 0.2) is 0 Å².